The first-order valence-corrected chi connectivity index (χ1v) is 9.01. The monoisotopic (exact) mass is 267 g/mol. The number of aryl methyl sites for hydroxylation is 1. The maximum absolute atomic E-state index is 5.68. The lowest BCUT2D eigenvalue weighted by atomic mass is 10.2. The van der Waals surface area contributed by atoms with E-state index in [0.29, 0.717) is 6.73 Å². The summed E-state index contributed by atoms with van der Waals surface area (Å²) in [5.74, 6) is 1.12. The molecule has 0 aromatic carbocycles. The molecule has 18 heavy (non-hydrogen) atoms. The van der Waals surface area contributed by atoms with Gasteiger partial charge in [0.25, 0.3) is 0 Å². The van der Waals surface area contributed by atoms with Crippen molar-refractivity contribution in [3.63, 3.8) is 0 Å². The molecule has 0 fully saturated rings. The van der Waals surface area contributed by atoms with Crippen LogP contribution < -0.4 is 0 Å². The van der Waals surface area contributed by atoms with E-state index in [9.17, 15) is 0 Å². The maximum atomic E-state index is 5.68. The number of hydrogen-bond donors (Lipinski definition) is 0. The minimum atomic E-state index is -0.485. The summed E-state index contributed by atoms with van der Waals surface area (Å²) < 4.78 is 7.50. The average molecular weight is 267 g/mol. The number of nitrogens with zero attached hydrogens (tertiary/aromatic N) is 3. The van der Waals surface area contributed by atoms with Crippen molar-refractivity contribution in [3.05, 3.63) is 24.0 Å². The molecule has 0 saturated carbocycles. The number of ether oxygens (including phenoxy) is 1. The fourth-order valence-corrected chi connectivity index (χ4v) is 2.27. The molecule has 2 aromatic rings. The van der Waals surface area contributed by atoms with Crippen molar-refractivity contribution in [1.29, 1.82) is 0 Å². The molecule has 100 valence electrons. The Kier molecular flexibility index (Phi) is 3.92. The van der Waals surface area contributed by atoms with Gasteiger partial charge in [0.1, 0.15) is 6.73 Å². The number of hydrogen-bond acceptors (Lipinski definition) is 3. The molecular formula is C13H21N3OS. The van der Waals surface area contributed by atoms with Crippen LogP contribution in [0.15, 0.2) is 18.5 Å². The number of aromatic nitrogens is 3. The maximum Gasteiger partial charge on any atom is 0.160 e. The summed E-state index contributed by atoms with van der Waals surface area (Å²) in [4.78, 5) is 4.36. The van der Waals surface area contributed by atoms with E-state index in [0.717, 1.165) is 23.4 Å². The minimum Gasteiger partial charge on any atom is -0.358 e. The quantitative estimate of drug-likeness (QED) is 0.781. The van der Waals surface area contributed by atoms with E-state index >= 15 is 0 Å². The van der Waals surface area contributed by atoms with Crippen molar-refractivity contribution in [2.24, 2.45) is 0 Å². The fourth-order valence-electron chi connectivity index (χ4n) is 1.66. The Morgan fingerprint density at radius 3 is 2.83 bits per heavy atom. The Bertz CT molecular complexity index is 531. The van der Waals surface area contributed by atoms with Gasteiger partial charge in [-0.1, -0.05) is 0 Å². The first-order chi connectivity index (χ1) is 8.47. The molecule has 0 unspecified atom stereocenters. The van der Waals surface area contributed by atoms with E-state index in [-0.39, 0.29) is 0 Å². The molecule has 0 aliphatic rings. The molecule has 0 aliphatic carbocycles. The standard InChI is InChI=1S/C13H21N3OS/c1-11-5-6-14-13-12(11)9-15-16(13)10-17-7-8-18(2,3)4/h5-6,9H,7-8,10H2,1-4H3. The van der Waals surface area contributed by atoms with E-state index in [1.165, 1.54) is 5.56 Å². The van der Waals surface area contributed by atoms with E-state index in [1.54, 1.807) is 0 Å². The molecule has 4 nitrogen and oxygen atoms in total. The highest BCUT2D eigenvalue weighted by atomic mass is 32.3. The molecule has 0 radical (unpaired) electrons. The SMILES string of the molecule is Cc1ccnc2c1cnn2COCCS(C)(C)C. The van der Waals surface area contributed by atoms with Crippen molar-refractivity contribution in [3.8, 4) is 0 Å². The first kappa shape index (κ1) is 13.4. The van der Waals surface area contributed by atoms with Gasteiger partial charge in [0.05, 0.1) is 12.8 Å². The van der Waals surface area contributed by atoms with Gasteiger partial charge in [-0.15, -0.1) is 0 Å². The smallest absolute Gasteiger partial charge is 0.160 e. The van der Waals surface area contributed by atoms with Crippen molar-refractivity contribution in [1.82, 2.24) is 14.8 Å². The normalized spacial score (nSPS) is 13.1. The van der Waals surface area contributed by atoms with Crippen LogP contribution in [0.4, 0.5) is 0 Å². The highest BCUT2D eigenvalue weighted by Gasteiger charge is 2.07. The van der Waals surface area contributed by atoms with Gasteiger partial charge in [-0.3, -0.25) is 0 Å². The zero-order valence-electron chi connectivity index (χ0n) is 11.5. The summed E-state index contributed by atoms with van der Waals surface area (Å²) in [6, 6.07) is 2.00. The van der Waals surface area contributed by atoms with Crippen LogP contribution in [-0.2, 0) is 11.5 Å². The summed E-state index contributed by atoms with van der Waals surface area (Å²) in [6.07, 6.45) is 10.6. The molecule has 0 amide bonds. The molecule has 0 bridgehead atoms. The predicted octanol–water partition coefficient (Wildman–Crippen LogP) is 2.41. The van der Waals surface area contributed by atoms with Crippen LogP contribution in [0.5, 0.6) is 0 Å². The molecule has 0 aliphatic heterocycles. The van der Waals surface area contributed by atoms with Crippen LogP contribution in [0.2, 0.25) is 0 Å². The van der Waals surface area contributed by atoms with Gasteiger partial charge >= 0.3 is 0 Å². The zero-order chi connectivity index (χ0) is 13.2. The van der Waals surface area contributed by atoms with Crippen molar-refractivity contribution >= 4 is 21.1 Å². The molecule has 2 rings (SSSR count). The van der Waals surface area contributed by atoms with Crippen molar-refractivity contribution in [2.75, 3.05) is 31.1 Å². The summed E-state index contributed by atoms with van der Waals surface area (Å²) in [5.41, 5.74) is 2.10. The topological polar surface area (TPSA) is 39.9 Å². The summed E-state index contributed by atoms with van der Waals surface area (Å²) in [7, 11) is -0.485. The highest BCUT2D eigenvalue weighted by molar-refractivity contribution is 8.32. The van der Waals surface area contributed by atoms with Gasteiger partial charge < -0.3 is 4.74 Å². The van der Waals surface area contributed by atoms with Gasteiger partial charge in [-0.2, -0.15) is 5.10 Å². The lowest BCUT2D eigenvalue weighted by Crippen LogP contribution is -2.11. The Labute approximate surface area is 110 Å². The molecule has 0 saturated heterocycles. The Morgan fingerprint density at radius 2 is 2.11 bits per heavy atom. The number of rotatable bonds is 5. The van der Waals surface area contributed by atoms with Crippen LogP contribution in [0.1, 0.15) is 5.56 Å². The van der Waals surface area contributed by atoms with E-state index in [4.69, 9.17) is 4.74 Å². The molecule has 0 atom stereocenters. The third-order valence-corrected chi connectivity index (χ3v) is 4.20. The van der Waals surface area contributed by atoms with E-state index in [2.05, 4.69) is 35.8 Å². The van der Waals surface area contributed by atoms with E-state index in [1.807, 2.05) is 23.1 Å². The van der Waals surface area contributed by atoms with Crippen LogP contribution in [-0.4, -0.2) is 45.9 Å². The fraction of sp³-hybridized carbons (Fsp3) is 0.538. The Hall–Kier alpha value is -1.07. The van der Waals surface area contributed by atoms with Gasteiger partial charge in [0, 0.05) is 17.3 Å². The van der Waals surface area contributed by atoms with Crippen LogP contribution in [0, 0.1) is 6.92 Å². The van der Waals surface area contributed by atoms with Crippen molar-refractivity contribution in [2.45, 2.75) is 13.7 Å². The summed E-state index contributed by atoms with van der Waals surface area (Å²) >= 11 is 0. The lowest BCUT2D eigenvalue weighted by molar-refractivity contribution is 0.0836. The molecule has 5 heteroatoms. The average Bonchev–Trinajstić information content (AvgIpc) is 2.68. The second kappa shape index (κ2) is 5.28. The molecule has 2 aromatic heterocycles. The van der Waals surface area contributed by atoms with Crippen LogP contribution >= 0.6 is 10.0 Å². The van der Waals surface area contributed by atoms with Gasteiger partial charge in [0.2, 0.25) is 0 Å². The van der Waals surface area contributed by atoms with Gasteiger partial charge in [-0.05, 0) is 37.3 Å². The summed E-state index contributed by atoms with van der Waals surface area (Å²) in [5, 5.41) is 5.43. The molecule has 0 spiro atoms. The van der Waals surface area contributed by atoms with Gasteiger partial charge in [0.15, 0.2) is 5.65 Å². The third-order valence-electron chi connectivity index (χ3n) is 2.81. The molecule has 0 N–H and O–H groups in total. The second-order valence-corrected chi connectivity index (χ2v) is 9.93. The summed E-state index contributed by atoms with van der Waals surface area (Å²) in [6.45, 7) is 3.33. The Morgan fingerprint density at radius 1 is 1.33 bits per heavy atom. The third kappa shape index (κ3) is 3.23. The predicted molar refractivity (Wildman–Crippen MR) is 78.4 cm³/mol. The van der Waals surface area contributed by atoms with Crippen LogP contribution in [0.25, 0.3) is 11.0 Å². The number of fused-ring (bicyclic) bond motifs is 1. The van der Waals surface area contributed by atoms with Gasteiger partial charge in [-0.25, -0.2) is 19.7 Å². The second-order valence-electron chi connectivity index (χ2n) is 5.34. The minimum absolute atomic E-state index is 0.482. The first-order valence-electron chi connectivity index (χ1n) is 5.98. The van der Waals surface area contributed by atoms with E-state index < -0.39 is 10.0 Å². The zero-order valence-corrected chi connectivity index (χ0v) is 12.3. The lowest BCUT2D eigenvalue weighted by Gasteiger charge is -2.24. The van der Waals surface area contributed by atoms with Crippen LogP contribution in [0.3, 0.4) is 0 Å². The largest absolute Gasteiger partial charge is 0.358 e. The van der Waals surface area contributed by atoms with Crippen molar-refractivity contribution < 1.29 is 4.74 Å². The number of pyridine rings is 1. The highest BCUT2D eigenvalue weighted by Crippen LogP contribution is 2.33. The Balaban J connectivity index is 1.98. The molecular weight excluding hydrogens is 246 g/mol. The molecule has 2 heterocycles.